The van der Waals surface area contributed by atoms with Gasteiger partial charge in [0.25, 0.3) is 11.6 Å². The molecule has 4 aromatic rings. The first-order valence-corrected chi connectivity index (χ1v) is 9.84. The van der Waals surface area contributed by atoms with Crippen LogP contribution >= 0.6 is 11.8 Å². The molecule has 0 aliphatic rings. The quantitative estimate of drug-likeness (QED) is 0.234. The molecule has 31 heavy (non-hydrogen) atoms. The molecule has 0 saturated heterocycles. The summed E-state index contributed by atoms with van der Waals surface area (Å²) in [6.07, 6.45) is 1.61. The monoisotopic (exact) mass is 434 g/mol. The summed E-state index contributed by atoms with van der Waals surface area (Å²) >= 11 is 1.36. The van der Waals surface area contributed by atoms with Crippen molar-refractivity contribution in [2.24, 2.45) is 0 Å². The second-order valence-corrected chi connectivity index (χ2v) is 7.21. The van der Waals surface area contributed by atoms with E-state index in [1.54, 1.807) is 18.3 Å². The van der Waals surface area contributed by atoms with Gasteiger partial charge in [0.05, 0.1) is 10.5 Å². The molecule has 0 aliphatic heterocycles. The molecule has 0 spiro atoms. The Labute approximate surface area is 180 Å². The molecule has 0 N–H and O–H groups in total. The Bertz CT molecular complexity index is 1210. The fourth-order valence-electron chi connectivity index (χ4n) is 2.59. The fourth-order valence-corrected chi connectivity index (χ4v) is 3.48. The van der Waals surface area contributed by atoms with Crippen LogP contribution < -0.4 is 0 Å². The van der Waals surface area contributed by atoms with Crippen LogP contribution in [0.15, 0.2) is 87.3 Å². The highest BCUT2D eigenvalue weighted by molar-refractivity contribution is 7.99. The number of ether oxygens (including phenoxy) is 1. The number of aromatic nitrogens is 3. The first-order valence-electron chi connectivity index (χ1n) is 9.02. The van der Waals surface area contributed by atoms with Crippen LogP contribution in [0.1, 0.15) is 16.2 Å². The first kappa shape index (κ1) is 20.2. The Morgan fingerprint density at radius 1 is 1.03 bits per heavy atom. The minimum atomic E-state index is -0.568. The van der Waals surface area contributed by atoms with E-state index in [9.17, 15) is 14.9 Å². The van der Waals surface area contributed by atoms with Crippen molar-refractivity contribution >= 4 is 23.4 Å². The highest BCUT2D eigenvalue weighted by atomic mass is 32.2. The number of benzene rings is 2. The summed E-state index contributed by atoms with van der Waals surface area (Å²) in [5, 5.41) is 19.0. The summed E-state index contributed by atoms with van der Waals surface area (Å²) in [5.74, 6) is -0.299. The normalized spacial score (nSPS) is 10.6. The summed E-state index contributed by atoms with van der Waals surface area (Å²) in [6.45, 7) is -0.219. The van der Waals surface area contributed by atoms with Crippen LogP contribution in [0.5, 0.6) is 0 Å². The smallest absolute Gasteiger partial charge is 0.341 e. The Kier molecular flexibility index (Phi) is 5.99. The molecule has 0 aliphatic carbocycles. The maximum atomic E-state index is 12.6. The van der Waals surface area contributed by atoms with Crippen molar-refractivity contribution in [3.63, 3.8) is 0 Å². The van der Waals surface area contributed by atoms with Crippen LogP contribution in [0.3, 0.4) is 0 Å². The summed E-state index contributed by atoms with van der Waals surface area (Å²) in [5.41, 5.74) is 0.800. The highest BCUT2D eigenvalue weighted by Crippen LogP contribution is 2.29. The average Bonchev–Trinajstić information content (AvgIpc) is 3.28. The molecule has 2 heterocycles. The summed E-state index contributed by atoms with van der Waals surface area (Å²) in [6, 6.07) is 18.5. The number of non-ortho nitro benzene ring substituents is 1. The standard InChI is InChI=1S/C21H14N4O5S/c26-21(17-7-4-12-22-20(17)31-16-5-2-1-3-6-16)29-13-18-23-24-19(30-18)14-8-10-15(11-9-14)25(27)28/h1-12H,13H2. The molecular formula is C21H14N4O5S. The second-order valence-electron chi connectivity index (χ2n) is 6.15. The topological polar surface area (TPSA) is 121 Å². The van der Waals surface area contributed by atoms with Crippen LogP contribution in [-0.2, 0) is 11.3 Å². The summed E-state index contributed by atoms with van der Waals surface area (Å²) < 4.78 is 10.8. The number of carbonyl (C=O) groups is 1. The van der Waals surface area contributed by atoms with Gasteiger partial charge >= 0.3 is 5.97 Å². The zero-order valence-electron chi connectivity index (χ0n) is 15.9. The number of esters is 1. The molecule has 2 aromatic heterocycles. The molecule has 2 aromatic carbocycles. The molecule has 0 unspecified atom stereocenters. The molecule has 9 nitrogen and oxygen atoms in total. The number of carbonyl (C=O) groups excluding carboxylic acids is 1. The summed E-state index contributed by atoms with van der Waals surface area (Å²) in [4.78, 5) is 28.0. The fraction of sp³-hybridized carbons (Fsp3) is 0.0476. The first-order chi connectivity index (χ1) is 15.1. The molecule has 0 bridgehead atoms. The summed E-state index contributed by atoms with van der Waals surface area (Å²) in [7, 11) is 0. The Morgan fingerprint density at radius 2 is 1.81 bits per heavy atom. The van der Waals surface area contributed by atoms with Gasteiger partial charge in [-0.25, -0.2) is 9.78 Å². The predicted molar refractivity (Wildman–Crippen MR) is 110 cm³/mol. The third-order valence-corrected chi connectivity index (χ3v) is 5.09. The van der Waals surface area contributed by atoms with Gasteiger partial charge in [-0.15, -0.1) is 10.2 Å². The van der Waals surface area contributed by atoms with Crippen molar-refractivity contribution in [3.05, 3.63) is 94.5 Å². The molecule has 0 atom stereocenters. The number of nitro benzene ring substituents is 1. The highest BCUT2D eigenvalue weighted by Gasteiger charge is 2.17. The number of hydrogen-bond donors (Lipinski definition) is 0. The van der Waals surface area contributed by atoms with E-state index in [1.165, 1.54) is 36.0 Å². The third kappa shape index (κ3) is 4.93. The van der Waals surface area contributed by atoms with E-state index in [1.807, 2.05) is 30.3 Å². The second kappa shape index (κ2) is 9.18. The average molecular weight is 434 g/mol. The largest absolute Gasteiger partial charge is 0.452 e. The SMILES string of the molecule is O=C(OCc1nnc(-c2ccc([N+](=O)[O-])cc2)o1)c1cccnc1Sc1ccccc1. The van der Waals surface area contributed by atoms with Crippen LogP contribution in [0.2, 0.25) is 0 Å². The van der Waals surface area contributed by atoms with Gasteiger partial charge in [-0.1, -0.05) is 30.0 Å². The zero-order chi connectivity index (χ0) is 21.6. The minimum absolute atomic E-state index is 0.0435. The molecule has 154 valence electrons. The zero-order valence-corrected chi connectivity index (χ0v) is 16.7. The van der Waals surface area contributed by atoms with Crippen molar-refractivity contribution in [1.82, 2.24) is 15.2 Å². The van der Waals surface area contributed by atoms with E-state index >= 15 is 0 Å². The number of rotatable bonds is 7. The van der Waals surface area contributed by atoms with E-state index in [0.29, 0.717) is 16.2 Å². The van der Waals surface area contributed by atoms with Gasteiger partial charge in [0, 0.05) is 28.8 Å². The minimum Gasteiger partial charge on any atom is -0.452 e. The van der Waals surface area contributed by atoms with Crippen molar-refractivity contribution in [1.29, 1.82) is 0 Å². The van der Waals surface area contributed by atoms with E-state index in [-0.39, 0.29) is 24.1 Å². The number of hydrogen-bond acceptors (Lipinski definition) is 9. The van der Waals surface area contributed by atoms with Gasteiger partial charge in [-0.3, -0.25) is 10.1 Å². The maximum Gasteiger partial charge on any atom is 0.341 e. The Morgan fingerprint density at radius 3 is 2.55 bits per heavy atom. The lowest BCUT2D eigenvalue weighted by molar-refractivity contribution is -0.384. The van der Waals surface area contributed by atoms with Gasteiger partial charge in [0.1, 0.15) is 5.03 Å². The van der Waals surface area contributed by atoms with Crippen LogP contribution in [0, 0.1) is 10.1 Å². The van der Waals surface area contributed by atoms with Crippen molar-refractivity contribution < 1.29 is 18.9 Å². The molecule has 10 heteroatoms. The predicted octanol–water partition coefficient (Wildman–Crippen LogP) is 4.55. The lowest BCUT2D eigenvalue weighted by Crippen LogP contribution is -2.07. The maximum absolute atomic E-state index is 12.6. The van der Waals surface area contributed by atoms with Gasteiger partial charge in [0.2, 0.25) is 5.89 Å². The molecule has 4 rings (SSSR count). The molecular weight excluding hydrogens is 420 g/mol. The van der Waals surface area contributed by atoms with Crippen molar-refractivity contribution in [2.75, 3.05) is 0 Å². The Balaban J connectivity index is 1.42. The molecule has 0 radical (unpaired) electrons. The molecule has 0 amide bonds. The van der Waals surface area contributed by atoms with Crippen LogP contribution in [0.4, 0.5) is 5.69 Å². The van der Waals surface area contributed by atoms with E-state index in [0.717, 1.165) is 4.90 Å². The Hall–Kier alpha value is -4.05. The van der Waals surface area contributed by atoms with E-state index in [4.69, 9.17) is 9.15 Å². The number of nitro groups is 1. The van der Waals surface area contributed by atoms with Gasteiger partial charge < -0.3 is 9.15 Å². The lowest BCUT2D eigenvalue weighted by Gasteiger charge is -2.07. The van der Waals surface area contributed by atoms with Gasteiger partial charge in [-0.2, -0.15) is 0 Å². The number of nitrogens with zero attached hydrogens (tertiary/aromatic N) is 4. The molecule has 0 fully saturated rings. The third-order valence-electron chi connectivity index (χ3n) is 4.07. The van der Waals surface area contributed by atoms with Gasteiger partial charge in [0.15, 0.2) is 6.61 Å². The molecule has 0 saturated carbocycles. The van der Waals surface area contributed by atoms with Crippen LogP contribution in [0.25, 0.3) is 11.5 Å². The van der Waals surface area contributed by atoms with Crippen LogP contribution in [-0.4, -0.2) is 26.1 Å². The van der Waals surface area contributed by atoms with Crippen molar-refractivity contribution in [3.8, 4) is 11.5 Å². The van der Waals surface area contributed by atoms with E-state index in [2.05, 4.69) is 15.2 Å². The van der Waals surface area contributed by atoms with Crippen molar-refractivity contribution in [2.45, 2.75) is 16.5 Å². The van der Waals surface area contributed by atoms with Gasteiger partial charge in [-0.05, 0) is 36.4 Å². The lowest BCUT2D eigenvalue weighted by atomic mass is 10.2. The van der Waals surface area contributed by atoms with E-state index < -0.39 is 10.9 Å². The number of pyridine rings is 1.